The Kier molecular flexibility index (Phi) is 3.49. The summed E-state index contributed by atoms with van der Waals surface area (Å²) in [5, 5.41) is 0. The van der Waals surface area contributed by atoms with Gasteiger partial charge in [0.1, 0.15) is 0 Å². The Morgan fingerprint density at radius 1 is 1.00 bits per heavy atom. The van der Waals surface area contributed by atoms with Crippen LogP contribution in [-0.2, 0) is 0 Å². The summed E-state index contributed by atoms with van der Waals surface area (Å²) in [6.07, 6.45) is 0. The molecule has 0 unspecified atom stereocenters. The molecule has 0 aliphatic carbocycles. The highest BCUT2D eigenvalue weighted by atomic mass is 15.3. The Morgan fingerprint density at radius 3 is 2.25 bits per heavy atom. The van der Waals surface area contributed by atoms with Crippen LogP contribution >= 0.6 is 0 Å². The fourth-order valence-electron chi connectivity index (χ4n) is 2.24. The van der Waals surface area contributed by atoms with Gasteiger partial charge in [0.05, 0.1) is 0 Å². The van der Waals surface area contributed by atoms with Gasteiger partial charge >= 0.3 is 0 Å². The molecule has 0 aromatic heterocycles. The molecule has 0 atom stereocenters. The molecule has 16 heavy (non-hydrogen) atoms. The Labute approximate surface area is 98.9 Å². The van der Waals surface area contributed by atoms with Crippen molar-refractivity contribution in [1.82, 2.24) is 4.90 Å². The molecule has 1 aliphatic heterocycles. The highest BCUT2D eigenvalue weighted by Crippen LogP contribution is 2.20. The highest BCUT2D eigenvalue weighted by molar-refractivity contribution is 5.50. The van der Waals surface area contributed by atoms with Gasteiger partial charge in [0.2, 0.25) is 0 Å². The van der Waals surface area contributed by atoms with Crippen LogP contribution in [0.4, 0.5) is 5.69 Å². The Balaban J connectivity index is 2.05. The quantitative estimate of drug-likeness (QED) is 0.752. The van der Waals surface area contributed by atoms with E-state index in [-0.39, 0.29) is 0 Å². The first-order valence-corrected chi connectivity index (χ1v) is 6.25. The lowest BCUT2D eigenvalue weighted by Gasteiger charge is -2.35. The summed E-state index contributed by atoms with van der Waals surface area (Å²) in [7, 11) is 0. The van der Waals surface area contributed by atoms with Crippen molar-refractivity contribution >= 4 is 5.69 Å². The van der Waals surface area contributed by atoms with Crippen molar-refractivity contribution in [1.29, 1.82) is 0 Å². The standard InChI is InChI=1S/C14H22N2/c1-4-15-7-9-16(10-8-15)14-6-5-12(2)13(3)11-14/h5-6,11H,4,7-10H2,1-3H3. The number of rotatable bonds is 2. The first-order valence-electron chi connectivity index (χ1n) is 6.25. The van der Waals surface area contributed by atoms with Gasteiger partial charge in [-0.2, -0.15) is 0 Å². The molecule has 0 amide bonds. The van der Waals surface area contributed by atoms with E-state index in [0.29, 0.717) is 0 Å². The maximum atomic E-state index is 2.51. The van der Waals surface area contributed by atoms with E-state index < -0.39 is 0 Å². The Bertz CT molecular complexity index is 352. The first-order chi connectivity index (χ1) is 7.70. The van der Waals surface area contributed by atoms with Crippen molar-refractivity contribution in [3.63, 3.8) is 0 Å². The van der Waals surface area contributed by atoms with Crippen LogP contribution in [-0.4, -0.2) is 37.6 Å². The summed E-state index contributed by atoms with van der Waals surface area (Å²) < 4.78 is 0. The van der Waals surface area contributed by atoms with E-state index in [2.05, 4.69) is 48.8 Å². The fourth-order valence-corrected chi connectivity index (χ4v) is 2.24. The number of likely N-dealkylation sites (N-methyl/N-ethyl adjacent to an activating group) is 1. The first kappa shape index (κ1) is 11.5. The number of nitrogens with zero attached hydrogens (tertiary/aromatic N) is 2. The molecule has 1 aliphatic rings. The largest absolute Gasteiger partial charge is 0.369 e. The summed E-state index contributed by atoms with van der Waals surface area (Å²) in [6, 6.07) is 6.80. The third-order valence-corrected chi connectivity index (χ3v) is 3.68. The van der Waals surface area contributed by atoms with Crippen molar-refractivity contribution in [3.8, 4) is 0 Å². The third kappa shape index (κ3) is 2.38. The molecule has 88 valence electrons. The lowest BCUT2D eigenvalue weighted by atomic mass is 10.1. The van der Waals surface area contributed by atoms with Gasteiger partial charge in [-0.3, -0.25) is 0 Å². The number of benzene rings is 1. The number of hydrogen-bond acceptors (Lipinski definition) is 2. The molecule has 2 nitrogen and oxygen atoms in total. The van der Waals surface area contributed by atoms with E-state index in [1.807, 2.05) is 0 Å². The topological polar surface area (TPSA) is 6.48 Å². The van der Waals surface area contributed by atoms with Gasteiger partial charge in [-0.15, -0.1) is 0 Å². The fraction of sp³-hybridized carbons (Fsp3) is 0.571. The third-order valence-electron chi connectivity index (χ3n) is 3.68. The van der Waals surface area contributed by atoms with Crippen LogP contribution < -0.4 is 4.90 Å². The van der Waals surface area contributed by atoms with Crippen LogP contribution in [0.2, 0.25) is 0 Å². The second-order valence-corrected chi connectivity index (χ2v) is 4.69. The average Bonchev–Trinajstić information content (AvgIpc) is 2.33. The van der Waals surface area contributed by atoms with Gasteiger partial charge < -0.3 is 9.80 Å². The maximum Gasteiger partial charge on any atom is 0.0369 e. The van der Waals surface area contributed by atoms with Gasteiger partial charge in [-0.1, -0.05) is 13.0 Å². The molecule has 2 heteroatoms. The normalized spacial score (nSPS) is 17.8. The monoisotopic (exact) mass is 218 g/mol. The van der Waals surface area contributed by atoms with Crippen molar-refractivity contribution < 1.29 is 0 Å². The van der Waals surface area contributed by atoms with Crippen LogP contribution in [0.15, 0.2) is 18.2 Å². The second-order valence-electron chi connectivity index (χ2n) is 4.69. The molecule has 0 radical (unpaired) electrons. The summed E-state index contributed by atoms with van der Waals surface area (Å²) in [5.74, 6) is 0. The molecule has 2 rings (SSSR count). The minimum absolute atomic E-state index is 1.16. The van der Waals surface area contributed by atoms with Gasteiger partial charge in [-0.05, 0) is 43.7 Å². The molecular weight excluding hydrogens is 196 g/mol. The summed E-state index contributed by atoms with van der Waals surface area (Å²) in [4.78, 5) is 5.01. The molecule has 0 N–H and O–H groups in total. The van der Waals surface area contributed by atoms with Gasteiger partial charge in [0.15, 0.2) is 0 Å². The number of piperazine rings is 1. The molecule has 0 bridgehead atoms. The van der Waals surface area contributed by atoms with E-state index in [1.54, 1.807) is 0 Å². The van der Waals surface area contributed by atoms with E-state index >= 15 is 0 Å². The van der Waals surface area contributed by atoms with Crippen LogP contribution in [0, 0.1) is 13.8 Å². The smallest absolute Gasteiger partial charge is 0.0369 e. The molecular formula is C14H22N2. The van der Waals surface area contributed by atoms with Gasteiger partial charge in [0, 0.05) is 31.9 Å². The molecule has 1 saturated heterocycles. The summed E-state index contributed by atoms with van der Waals surface area (Å²) in [5.41, 5.74) is 4.17. The predicted molar refractivity (Wildman–Crippen MR) is 70.2 cm³/mol. The molecule has 1 aromatic rings. The molecule has 1 heterocycles. The van der Waals surface area contributed by atoms with E-state index in [0.717, 1.165) is 13.1 Å². The van der Waals surface area contributed by atoms with E-state index in [9.17, 15) is 0 Å². The lowest BCUT2D eigenvalue weighted by Crippen LogP contribution is -2.46. The zero-order valence-corrected chi connectivity index (χ0v) is 10.7. The zero-order chi connectivity index (χ0) is 11.5. The minimum atomic E-state index is 1.16. The second kappa shape index (κ2) is 4.88. The SMILES string of the molecule is CCN1CCN(c2ccc(C)c(C)c2)CC1. The van der Waals surface area contributed by atoms with Crippen molar-refractivity contribution in [2.75, 3.05) is 37.6 Å². The zero-order valence-electron chi connectivity index (χ0n) is 10.7. The predicted octanol–water partition coefficient (Wildman–Crippen LogP) is 2.45. The summed E-state index contributed by atoms with van der Waals surface area (Å²) in [6.45, 7) is 12.5. The van der Waals surface area contributed by atoms with Gasteiger partial charge in [0.25, 0.3) is 0 Å². The molecule has 0 spiro atoms. The Hall–Kier alpha value is -1.02. The molecule has 1 fully saturated rings. The minimum Gasteiger partial charge on any atom is -0.369 e. The highest BCUT2D eigenvalue weighted by Gasteiger charge is 2.15. The maximum absolute atomic E-state index is 2.51. The number of anilines is 1. The molecule has 0 saturated carbocycles. The van der Waals surface area contributed by atoms with Crippen LogP contribution in [0.5, 0.6) is 0 Å². The van der Waals surface area contributed by atoms with Crippen molar-refractivity contribution in [3.05, 3.63) is 29.3 Å². The van der Waals surface area contributed by atoms with E-state index in [4.69, 9.17) is 0 Å². The summed E-state index contributed by atoms with van der Waals surface area (Å²) >= 11 is 0. The Morgan fingerprint density at radius 2 is 1.69 bits per heavy atom. The van der Waals surface area contributed by atoms with Crippen molar-refractivity contribution in [2.45, 2.75) is 20.8 Å². The average molecular weight is 218 g/mol. The van der Waals surface area contributed by atoms with Crippen LogP contribution in [0.25, 0.3) is 0 Å². The van der Waals surface area contributed by atoms with E-state index in [1.165, 1.54) is 36.4 Å². The number of hydrogen-bond donors (Lipinski definition) is 0. The van der Waals surface area contributed by atoms with Crippen molar-refractivity contribution in [2.24, 2.45) is 0 Å². The van der Waals surface area contributed by atoms with Gasteiger partial charge in [-0.25, -0.2) is 0 Å². The number of aryl methyl sites for hydroxylation is 2. The lowest BCUT2D eigenvalue weighted by molar-refractivity contribution is 0.271. The van der Waals surface area contributed by atoms with Crippen LogP contribution in [0.3, 0.4) is 0 Å². The van der Waals surface area contributed by atoms with Crippen LogP contribution in [0.1, 0.15) is 18.1 Å². The molecule has 1 aromatic carbocycles.